The number of pyridine rings is 2. The van der Waals surface area contributed by atoms with Crippen molar-refractivity contribution in [1.29, 1.82) is 0 Å². The molecule has 8 nitrogen and oxygen atoms in total. The lowest BCUT2D eigenvalue weighted by molar-refractivity contribution is 0.0671. The average molecular weight is 456 g/mol. The summed E-state index contributed by atoms with van der Waals surface area (Å²) in [7, 11) is 0. The van der Waals surface area contributed by atoms with Gasteiger partial charge in [-0.15, -0.1) is 0 Å². The van der Waals surface area contributed by atoms with E-state index in [1.54, 1.807) is 17.3 Å². The quantitative estimate of drug-likeness (QED) is 0.490. The third-order valence-corrected chi connectivity index (χ3v) is 6.23. The number of amides is 2. The zero-order valence-electron chi connectivity index (χ0n) is 18.9. The van der Waals surface area contributed by atoms with Crippen molar-refractivity contribution in [2.45, 2.75) is 32.2 Å². The Kier molecular flexibility index (Phi) is 6.03. The van der Waals surface area contributed by atoms with Gasteiger partial charge in [-0.05, 0) is 55.7 Å². The summed E-state index contributed by atoms with van der Waals surface area (Å²) >= 11 is 0. The van der Waals surface area contributed by atoms with Crippen LogP contribution in [-0.4, -0.2) is 44.9 Å². The Morgan fingerprint density at radius 3 is 2.71 bits per heavy atom. The topological polar surface area (TPSA) is 101 Å². The van der Waals surface area contributed by atoms with Gasteiger partial charge < -0.3 is 14.7 Å². The molecule has 34 heavy (non-hydrogen) atoms. The van der Waals surface area contributed by atoms with Crippen molar-refractivity contribution in [2.24, 2.45) is 0 Å². The van der Waals surface area contributed by atoms with E-state index in [0.29, 0.717) is 30.7 Å². The molecule has 0 atom stereocenters. The molecule has 0 aliphatic carbocycles. The highest BCUT2D eigenvalue weighted by Gasteiger charge is 2.30. The summed E-state index contributed by atoms with van der Waals surface area (Å²) in [5.41, 5.74) is 3.85. The second-order valence-corrected chi connectivity index (χ2v) is 8.52. The Labute approximate surface area is 197 Å². The number of piperidine rings is 1. The molecule has 3 aromatic heterocycles. The molecule has 0 spiro atoms. The highest BCUT2D eigenvalue weighted by molar-refractivity contribution is 6.03. The summed E-state index contributed by atoms with van der Waals surface area (Å²) in [6.45, 7) is 3.45. The van der Waals surface area contributed by atoms with Gasteiger partial charge in [-0.2, -0.15) is 0 Å². The molecule has 0 saturated carbocycles. The number of rotatable bonds is 5. The van der Waals surface area contributed by atoms with Crippen LogP contribution in [0.1, 0.15) is 56.6 Å². The van der Waals surface area contributed by atoms with Gasteiger partial charge in [-0.1, -0.05) is 23.4 Å². The van der Waals surface area contributed by atoms with Crippen molar-refractivity contribution in [1.82, 2.24) is 25.3 Å². The van der Waals surface area contributed by atoms with Gasteiger partial charge in [0, 0.05) is 43.6 Å². The van der Waals surface area contributed by atoms with Crippen molar-refractivity contribution in [3.05, 3.63) is 89.2 Å². The molecule has 0 radical (unpaired) electrons. The van der Waals surface area contributed by atoms with Crippen LogP contribution < -0.4 is 5.32 Å². The van der Waals surface area contributed by atoms with Crippen molar-refractivity contribution < 1.29 is 14.1 Å². The first kappa shape index (κ1) is 21.8. The fourth-order valence-electron chi connectivity index (χ4n) is 4.40. The minimum atomic E-state index is -0.155. The molecule has 8 heteroatoms. The van der Waals surface area contributed by atoms with E-state index >= 15 is 0 Å². The summed E-state index contributed by atoms with van der Waals surface area (Å²) in [6, 6.07) is 14.9. The van der Waals surface area contributed by atoms with Crippen molar-refractivity contribution in [3.8, 4) is 0 Å². The molecule has 5 rings (SSSR count). The Bertz CT molecular complexity index is 1330. The monoisotopic (exact) mass is 455 g/mol. The number of nitrogens with zero attached hydrogens (tertiary/aromatic N) is 4. The van der Waals surface area contributed by atoms with Crippen LogP contribution >= 0.6 is 0 Å². The maximum atomic E-state index is 13.1. The summed E-state index contributed by atoms with van der Waals surface area (Å²) in [6.07, 6.45) is 4.88. The molecule has 1 aromatic carbocycles. The largest absolute Gasteiger partial charge is 0.350 e. The minimum Gasteiger partial charge on any atom is -0.350 e. The predicted octanol–water partition coefficient (Wildman–Crippen LogP) is 3.88. The van der Waals surface area contributed by atoms with Gasteiger partial charge in [0.25, 0.3) is 11.8 Å². The molecule has 1 aliphatic heterocycles. The molecule has 1 aliphatic rings. The van der Waals surface area contributed by atoms with Crippen LogP contribution in [0.3, 0.4) is 0 Å². The fraction of sp³-hybridized carbons (Fsp3) is 0.269. The van der Waals surface area contributed by atoms with E-state index in [4.69, 9.17) is 9.51 Å². The Balaban J connectivity index is 1.28. The van der Waals surface area contributed by atoms with Crippen molar-refractivity contribution in [2.75, 3.05) is 13.1 Å². The number of hydrogen-bond donors (Lipinski definition) is 1. The molecule has 0 bridgehead atoms. The number of nitrogens with one attached hydrogen (secondary N) is 1. The Morgan fingerprint density at radius 2 is 1.91 bits per heavy atom. The summed E-state index contributed by atoms with van der Waals surface area (Å²) in [5.74, 6) is 0.0598. The van der Waals surface area contributed by atoms with Crippen LogP contribution in [-0.2, 0) is 6.54 Å². The smallest absolute Gasteiger partial charge is 0.293 e. The lowest BCUT2D eigenvalue weighted by Crippen LogP contribution is -2.38. The Hall–Kier alpha value is -4.07. The van der Waals surface area contributed by atoms with Gasteiger partial charge in [0.05, 0.1) is 16.6 Å². The molecule has 0 unspecified atom stereocenters. The standard InChI is InChI=1S/C26H25N5O3/c1-17-8-9-21(25(32)28-16-18-5-4-12-27-15-18)23(29-17)19-10-13-31(14-11-19)26(33)24-20-6-2-3-7-22(20)30-34-24/h2-9,12,15,19H,10-11,13-14,16H2,1H3,(H,28,32). The molecule has 172 valence electrons. The van der Waals surface area contributed by atoms with E-state index in [0.717, 1.165) is 35.2 Å². The molecule has 4 heterocycles. The second-order valence-electron chi connectivity index (χ2n) is 8.52. The van der Waals surface area contributed by atoms with E-state index in [2.05, 4.69) is 15.5 Å². The molecule has 1 fully saturated rings. The van der Waals surface area contributed by atoms with E-state index < -0.39 is 0 Å². The summed E-state index contributed by atoms with van der Waals surface area (Å²) in [4.78, 5) is 36.7. The van der Waals surface area contributed by atoms with Gasteiger partial charge in [0.2, 0.25) is 5.76 Å². The summed E-state index contributed by atoms with van der Waals surface area (Å²) < 4.78 is 5.36. The van der Waals surface area contributed by atoms with Gasteiger partial charge in [-0.3, -0.25) is 19.6 Å². The zero-order chi connectivity index (χ0) is 23.5. The number of benzene rings is 1. The first-order valence-corrected chi connectivity index (χ1v) is 11.4. The van der Waals surface area contributed by atoms with Gasteiger partial charge in [0.15, 0.2) is 0 Å². The van der Waals surface area contributed by atoms with Gasteiger partial charge >= 0.3 is 0 Å². The number of likely N-dealkylation sites (tertiary alicyclic amines) is 1. The molecule has 2 amide bonds. The van der Waals surface area contributed by atoms with Gasteiger partial charge in [0.1, 0.15) is 5.52 Å². The third-order valence-electron chi connectivity index (χ3n) is 6.23. The van der Waals surface area contributed by atoms with E-state index in [1.807, 2.05) is 55.5 Å². The minimum absolute atomic E-state index is 0.0922. The normalized spacial score (nSPS) is 14.3. The number of carbonyl (C=O) groups excluding carboxylic acids is 2. The van der Waals surface area contributed by atoms with Crippen LogP contribution in [0.25, 0.3) is 10.9 Å². The second kappa shape index (κ2) is 9.43. The third kappa shape index (κ3) is 4.39. The zero-order valence-corrected chi connectivity index (χ0v) is 18.9. The Morgan fingerprint density at radius 1 is 1.09 bits per heavy atom. The number of aromatic nitrogens is 3. The van der Waals surface area contributed by atoms with Crippen LogP contribution in [0.4, 0.5) is 0 Å². The molecule has 4 aromatic rings. The van der Waals surface area contributed by atoms with Gasteiger partial charge in [-0.25, -0.2) is 0 Å². The van der Waals surface area contributed by atoms with E-state index in [9.17, 15) is 9.59 Å². The first-order valence-electron chi connectivity index (χ1n) is 11.4. The van der Waals surface area contributed by atoms with E-state index in [1.165, 1.54) is 0 Å². The van der Waals surface area contributed by atoms with Crippen molar-refractivity contribution in [3.63, 3.8) is 0 Å². The molecule has 1 N–H and O–H groups in total. The van der Waals surface area contributed by atoms with E-state index in [-0.39, 0.29) is 23.5 Å². The first-order chi connectivity index (χ1) is 16.6. The maximum Gasteiger partial charge on any atom is 0.293 e. The van der Waals surface area contributed by atoms with Crippen LogP contribution in [0.5, 0.6) is 0 Å². The number of fused-ring (bicyclic) bond motifs is 1. The lowest BCUT2D eigenvalue weighted by Gasteiger charge is -2.32. The van der Waals surface area contributed by atoms with Crippen molar-refractivity contribution >= 4 is 22.7 Å². The van der Waals surface area contributed by atoms with Crippen LogP contribution in [0, 0.1) is 6.92 Å². The lowest BCUT2D eigenvalue weighted by atomic mass is 9.89. The molecular weight excluding hydrogens is 430 g/mol. The van der Waals surface area contributed by atoms with Crippen LogP contribution in [0.15, 0.2) is 65.4 Å². The maximum absolute atomic E-state index is 13.1. The highest BCUT2D eigenvalue weighted by Crippen LogP contribution is 2.31. The highest BCUT2D eigenvalue weighted by atomic mass is 16.5. The molecule has 1 saturated heterocycles. The number of aryl methyl sites for hydroxylation is 1. The average Bonchev–Trinajstić information content (AvgIpc) is 3.32. The SMILES string of the molecule is Cc1ccc(C(=O)NCc2cccnc2)c(C2CCN(C(=O)c3onc4ccccc34)CC2)n1. The molecular formula is C26H25N5O3. The number of carbonyl (C=O) groups is 2. The predicted molar refractivity (Wildman–Crippen MR) is 126 cm³/mol. The fourth-order valence-corrected chi connectivity index (χ4v) is 4.40. The van der Waals surface area contributed by atoms with Crippen LogP contribution in [0.2, 0.25) is 0 Å². The summed E-state index contributed by atoms with van der Waals surface area (Å²) in [5, 5.41) is 7.69. The number of hydrogen-bond acceptors (Lipinski definition) is 6.